The first-order chi connectivity index (χ1) is 11.4. The van der Waals surface area contributed by atoms with E-state index >= 15 is 0 Å². The van der Waals surface area contributed by atoms with Gasteiger partial charge < -0.3 is 10.0 Å². The van der Waals surface area contributed by atoms with Gasteiger partial charge in [-0.25, -0.2) is 4.39 Å². The molecule has 4 nitrogen and oxygen atoms in total. The maximum absolute atomic E-state index is 13.2. The zero-order valence-electron chi connectivity index (χ0n) is 13.5. The lowest BCUT2D eigenvalue weighted by Gasteiger charge is -2.25. The zero-order valence-corrected chi connectivity index (χ0v) is 13.5. The Kier molecular flexibility index (Phi) is 4.09. The summed E-state index contributed by atoms with van der Waals surface area (Å²) in [6.45, 7) is 3.91. The summed E-state index contributed by atoms with van der Waals surface area (Å²) in [4.78, 5) is 25.5. The summed E-state index contributed by atoms with van der Waals surface area (Å²) in [6.07, 6.45) is 0.274. The number of rotatable bonds is 4. The van der Waals surface area contributed by atoms with Crippen LogP contribution in [0.5, 0.6) is 0 Å². The number of carboxylic acid groups (broad SMARTS) is 1. The minimum atomic E-state index is -0.904. The van der Waals surface area contributed by atoms with Crippen molar-refractivity contribution in [2.24, 2.45) is 0 Å². The molecule has 1 unspecified atom stereocenters. The van der Waals surface area contributed by atoms with Gasteiger partial charge in [0.15, 0.2) is 0 Å². The fraction of sp³-hybridized carbons (Fsp3) is 0.263. The monoisotopic (exact) mass is 327 g/mol. The van der Waals surface area contributed by atoms with Crippen LogP contribution in [0, 0.1) is 19.7 Å². The van der Waals surface area contributed by atoms with Crippen LogP contribution in [-0.2, 0) is 4.79 Å². The molecule has 0 saturated carbocycles. The molecule has 2 aromatic carbocycles. The van der Waals surface area contributed by atoms with Crippen molar-refractivity contribution < 1.29 is 19.1 Å². The topological polar surface area (TPSA) is 57.6 Å². The Morgan fingerprint density at radius 1 is 1.17 bits per heavy atom. The van der Waals surface area contributed by atoms with Gasteiger partial charge in [0.25, 0.3) is 5.91 Å². The SMILES string of the molecule is Cc1cc2c(cc1C)C(CCC(=O)O)N(c1ccc(F)cc1)C2=O. The largest absolute Gasteiger partial charge is 0.481 e. The van der Waals surface area contributed by atoms with Crippen molar-refractivity contribution >= 4 is 17.6 Å². The van der Waals surface area contributed by atoms with Gasteiger partial charge in [0.2, 0.25) is 0 Å². The molecule has 5 heteroatoms. The van der Waals surface area contributed by atoms with E-state index in [-0.39, 0.29) is 24.2 Å². The molecule has 1 aliphatic heterocycles. The van der Waals surface area contributed by atoms with Crippen molar-refractivity contribution in [2.75, 3.05) is 4.90 Å². The summed E-state index contributed by atoms with van der Waals surface area (Å²) in [5.74, 6) is -1.45. The molecule has 1 heterocycles. The van der Waals surface area contributed by atoms with Crippen LogP contribution in [-0.4, -0.2) is 17.0 Å². The maximum Gasteiger partial charge on any atom is 0.303 e. The van der Waals surface area contributed by atoms with Gasteiger partial charge in [-0.2, -0.15) is 0 Å². The third kappa shape index (κ3) is 2.77. The Bertz CT molecular complexity index is 814. The molecular weight excluding hydrogens is 309 g/mol. The molecule has 0 fully saturated rings. The van der Waals surface area contributed by atoms with E-state index in [9.17, 15) is 14.0 Å². The Balaban J connectivity index is 2.08. The fourth-order valence-corrected chi connectivity index (χ4v) is 3.15. The minimum absolute atomic E-state index is 0.0397. The number of carboxylic acids is 1. The second-order valence-electron chi connectivity index (χ2n) is 6.12. The molecule has 124 valence electrons. The molecule has 0 radical (unpaired) electrons. The number of benzene rings is 2. The first kappa shape index (κ1) is 16.2. The Morgan fingerprint density at radius 3 is 2.42 bits per heavy atom. The molecule has 2 aromatic rings. The van der Waals surface area contributed by atoms with Crippen LogP contribution in [0.1, 0.15) is 45.9 Å². The summed E-state index contributed by atoms with van der Waals surface area (Å²) in [5.41, 5.74) is 4.08. The minimum Gasteiger partial charge on any atom is -0.481 e. The van der Waals surface area contributed by atoms with Crippen LogP contribution in [0.3, 0.4) is 0 Å². The molecule has 0 saturated heterocycles. The molecule has 1 atom stereocenters. The zero-order chi connectivity index (χ0) is 17.4. The number of anilines is 1. The van der Waals surface area contributed by atoms with Crippen LogP contribution in [0.15, 0.2) is 36.4 Å². The number of aryl methyl sites for hydroxylation is 2. The first-order valence-electron chi connectivity index (χ1n) is 7.80. The summed E-state index contributed by atoms with van der Waals surface area (Å²) in [7, 11) is 0. The van der Waals surface area contributed by atoms with Crippen molar-refractivity contribution in [3.63, 3.8) is 0 Å². The third-order valence-electron chi connectivity index (χ3n) is 4.52. The number of hydrogen-bond donors (Lipinski definition) is 1. The lowest BCUT2D eigenvalue weighted by molar-refractivity contribution is -0.137. The van der Waals surface area contributed by atoms with Crippen molar-refractivity contribution in [2.45, 2.75) is 32.7 Å². The predicted octanol–water partition coefficient (Wildman–Crippen LogP) is 4.01. The Hall–Kier alpha value is -2.69. The number of aliphatic carboxylic acids is 1. The third-order valence-corrected chi connectivity index (χ3v) is 4.52. The standard InChI is InChI=1S/C19H18FNO3/c1-11-9-15-16(10-12(11)2)19(24)21(17(15)7-8-18(22)23)14-5-3-13(20)4-6-14/h3-6,9-10,17H,7-8H2,1-2H3,(H,22,23). The highest BCUT2D eigenvalue weighted by Gasteiger charge is 2.38. The summed E-state index contributed by atoms with van der Waals surface area (Å²) in [5, 5.41) is 9.03. The van der Waals surface area contributed by atoms with Gasteiger partial charge >= 0.3 is 5.97 Å². The second kappa shape index (κ2) is 6.07. The lowest BCUT2D eigenvalue weighted by Crippen LogP contribution is -2.28. The molecule has 24 heavy (non-hydrogen) atoms. The number of halogens is 1. The van der Waals surface area contributed by atoms with Crippen molar-refractivity contribution in [1.82, 2.24) is 0 Å². The van der Waals surface area contributed by atoms with E-state index in [4.69, 9.17) is 5.11 Å². The average Bonchev–Trinajstić information content (AvgIpc) is 2.79. The van der Waals surface area contributed by atoms with E-state index < -0.39 is 5.97 Å². The summed E-state index contributed by atoms with van der Waals surface area (Å²) < 4.78 is 13.2. The highest BCUT2D eigenvalue weighted by Crippen LogP contribution is 2.41. The van der Waals surface area contributed by atoms with Crippen molar-refractivity contribution in [3.8, 4) is 0 Å². The van der Waals surface area contributed by atoms with Gasteiger partial charge in [-0.15, -0.1) is 0 Å². The van der Waals surface area contributed by atoms with E-state index in [0.717, 1.165) is 16.7 Å². The normalized spacial score (nSPS) is 16.4. The molecule has 0 bridgehead atoms. The maximum atomic E-state index is 13.2. The second-order valence-corrected chi connectivity index (χ2v) is 6.12. The molecule has 1 N–H and O–H groups in total. The van der Waals surface area contributed by atoms with E-state index in [1.54, 1.807) is 17.0 Å². The number of carbonyl (C=O) groups is 2. The lowest BCUT2D eigenvalue weighted by atomic mass is 9.96. The van der Waals surface area contributed by atoms with Crippen LogP contribution < -0.4 is 4.90 Å². The van der Waals surface area contributed by atoms with Crippen molar-refractivity contribution in [1.29, 1.82) is 0 Å². The molecule has 1 aliphatic rings. The first-order valence-corrected chi connectivity index (χ1v) is 7.80. The predicted molar refractivity (Wildman–Crippen MR) is 88.7 cm³/mol. The molecule has 0 spiro atoms. The highest BCUT2D eigenvalue weighted by atomic mass is 19.1. The smallest absolute Gasteiger partial charge is 0.303 e. The molecule has 0 aliphatic carbocycles. The highest BCUT2D eigenvalue weighted by molar-refractivity contribution is 6.11. The van der Waals surface area contributed by atoms with Gasteiger partial charge in [0.05, 0.1) is 6.04 Å². The molecular formula is C19H18FNO3. The van der Waals surface area contributed by atoms with E-state index in [1.165, 1.54) is 12.1 Å². The quantitative estimate of drug-likeness (QED) is 0.923. The summed E-state index contributed by atoms with van der Waals surface area (Å²) in [6, 6.07) is 9.16. The number of amides is 1. The van der Waals surface area contributed by atoms with Crippen LogP contribution in [0.25, 0.3) is 0 Å². The van der Waals surface area contributed by atoms with E-state index in [2.05, 4.69) is 0 Å². The number of carbonyl (C=O) groups excluding carboxylic acids is 1. The molecule has 0 aromatic heterocycles. The Labute approximate surface area is 139 Å². The van der Waals surface area contributed by atoms with Gasteiger partial charge in [-0.1, -0.05) is 6.07 Å². The van der Waals surface area contributed by atoms with Gasteiger partial charge in [-0.3, -0.25) is 9.59 Å². The molecule has 1 amide bonds. The van der Waals surface area contributed by atoms with Gasteiger partial charge in [0.1, 0.15) is 5.82 Å². The average molecular weight is 327 g/mol. The van der Waals surface area contributed by atoms with Crippen LogP contribution in [0.2, 0.25) is 0 Å². The van der Waals surface area contributed by atoms with Gasteiger partial charge in [0, 0.05) is 17.7 Å². The van der Waals surface area contributed by atoms with Crippen LogP contribution >= 0.6 is 0 Å². The van der Waals surface area contributed by atoms with E-state index in [1.807, 2.05) is 26.0 Å². The van der Waals surface area contributed by atoms with Crippen molar-refractivity contribution in [3.05, 3.63) is 64.5 Å². The summed E-state index contributed by atoms with van der Waals surface area (Å²) >= 11 is 0. The fourth-order valence-electron chi connectivity index (χ4n) is 3.15. The van der Waals surface area contributed by atoms with Crippen LogP contribution in [0.4, 0.5) is 10.1 Å². The Morgan fingerprint density at radius 2 is 1.79 bits per heavy atom. The van der Waals surface area contributed by atoms with E-state index in [0.29, 0.717) is 17.7 Å². The van der Waals surface area contributed by atoms with Gasteiger partial charge in [-0.05, 0) is 67.3 Å². The molecule has 3 rings (SSSR count). The number of fused-ring (bicyclic) bond motifs is 1. The number of nitrogens with zero attached hydrogens (tertiary/aromatic N) is 1. The number of hydrogen-bond acceptors (Lipinski definition) is 2.